The molecule has 0 fully saturated rings. The molecule has 0 heterocycles. The van der Waals surface area contributed by atoms with E-state index >= 15 is 0 Å². The molecule has 0 spiro atoms. The van der Waals surface area contributed by atoms with Gasteiger partial charge < -0.3 is 15.4 Å². The molecule has 0 saturated carbocycles. The highest BCUT2D eigenvalue weighted by atomic mass is 16.5. The summed E-state index contributed by atoms with van der Waals surface area (Å²) in [5.41, 5.74) is 1.17. The predicted molar refractivity (Wildman–Crippen MR) is 103 cm³/mol. The lowest BCUT2D eigenvalue weighted by Gasteiger charge is -2.20. The zero-order valence-corrected chi connectivity index (χ0v) is 15.5. The van der Waals surface area contributed by atoms with Gasteiger partial charge in [0.2, 0.25) is 0 Å². The lowest BCUT2D eigenvalue weighted by Crippen LogP contribution is -2.49. The smallest absolute Gasteiger partial charge is 0.340 e. The average Bonchev–Trinajstić information content (AvgIpc) is 2.59. The quantitative estimate of drug-likeness (QED) is 0.703. The molecule has 0 aliphatic rings. The standard InChI is InChI=1S/C20H23N3O4/c1-20(2,3)23-19(26)22-17(24)13-27-18(25)15-11-7-8-12-16(15)21-14-9-5-4-6-10-14/h4-12,21H,13H2,1-3H3,(H2,22,23,24,26). The van der Waals surface area contributed by atoms with E-state index < -0.39 is 30.1 Å². The van der Waals surface area contributed by atoms with Gasteiger partial charge in [0.05, 0.1) is 11.3 Å². The normalized spacial score (nSPS) is 10.6. The lowest BCUT2D eigenvalue weighted by molar-refractivity contribution is -0.123. The third-order valence-electron chi connectivity index (χ3n) is 3.28. The SMILES string of the molecule is CC(C)(C)NC(=O)NC(=O)COC(=O)c1ccccc1Nc1ccccc1. The van der Waals surface area contributed by atoms with Gasteiger partial charge in [0.15, 0.2) is 6.61 Å². The number of benzene rings is 2. The molecule has 0 aliphatic heterocycles. The Balaban J connectivity index is 1.94. The number of nitrogens with one attached hydrogen (secondary N) is 3. The molecule has 3 amide bonds. The predicted octanol–water partition coefficient (Wildman–Crippen LogP) is 3.21. The van der Waals surface area contributed by atoms with Gasteiger partial charge in [0.25, 0.3) is 5.91 Å². The van der Waals surface area contributed by atoms with Gasteiger partial charge in [-0.2, -0.15) is 0 Å². The summed E-state index contributed by atoms with van der Waals surface area (Å²) in [6.07, 6.45) is 0. The van der Waals surface area contributed by atoms with Crippen LogP contribution in [0.4, 0.5) is 16.2 Å². The van der Waals surface area contributed by atoms with Gasteiger partial charge in [-0.05, 0) is 45.0 Å². The number of anilines is 2. The fourth-order valence-electron chi connectivity index (χ4n) is 2.19. The number of ether oxygens (including phenoxy) is 1. The van der Waals surface area contributed by atoms with Gasteiger partial charge in [-0.1, -0.05) is 30.3 Å². The van der Waals surface area contributed by atoms with Crippen molar-refractivity contribution in [2.24, 2.45) is 0 Å². The Morgan fingerprint density at radius 1 is 0.926 bits per heavy atom. The van der Waals surface area contributed by atoms with Gasteiger partial charge in [-0.3, -0.25) is 10.1 Å². The summed E-state index contributed by atoms with van der Waals surface area (Å²) in [6.45, 7) is 4.80. The first-order valence-corrected chi connectivity index (χ1v) is 8.45. The summed E-state index contributed by atoms with van der Waals surface area (Å²) in [4.78, 5) is 35.8. The van der Waals surface area contributed by atoms with Crippen LogP contribution in [0.2, 0.25) is 0 Å². The zero-order valence-electron chi connectivity index (χ0n) is 15.5. The van der Waals surface area contributed by atoms with Crippen LogP contribution in [0.1, 0.15) is 31.1 Å². The maximum absolute atomic E-state index is 12.3. The number of amides is 3. The highest BCUT2D eigenvalue weighted by molar-refractivity contribution is 5.99. The Bertz CT molecular complexity index is 813. The fraction of sp³-hybridized carbons (Fsp3) is 0.250. The highest BCUT2D eigenvalue weighted by Crippen LogP contribution is 2.21. The zero-order chi connectivity index (χ0) is 19.9. The van der Waals surface area contributed by atoms with Crippen LogP contribution >= 0.6 is 0 Å². The van der Waals surface area contributed by atoms with Crippen molar-refractivity contribution in [3.8, 4) is 0 Å². The second-order valence-electron chi connectivity index (χ2n) is 6.87. The molecule has 27 heavy (non-hydrogen) atoms. The number of urea groups is 1. The number of hydrogen-bond donors (Lipinski definition) is 3. The molecule has 3 N–H and O–H groups in total. The molecule has 2 rings (SSSR count). The molecule has 2 aromatic carbocycles. The first-order chi connectivity index (χ1) is 12.7. The molecular formula is C20H23N3O4. The second-order valence-corrected chi connectivity index (χ2v) is 6.87. The third kappa shape index (κ3) is 6.81. The summed E-state index contributed by atoms with van der Waals surface area (Å²) in [7, 11) is 0. The van der Waals surface area contributed by atoms with Crippen molar-refractivity contribution in [3.05, 3.63) is 60.2 Å². The maximum Gasteiger partial charge on any atom is 0.340 e. The lowest BCUT2D eigenvalue weighted by atomic mass is 10.1. The summed E-state index contributed by atoms with van der Waals surface area (Å²) >= 11 is 0. The van der Waals surface area contributed by atoms with Crippen molar-refractivity contribution in [2.75, 3.05) is 11.9 Å². The van der Waals surface area contributed by atoms with E-state index in [-0.39, 0.29) is 5.56 Å². The van der Waals surface area contributed by atoms with Crippen LogP contribution in [0.15, 0.2) is 54.6 Å². The third-order valence-corrected chi connectivity index (χ3v) is 3.28. The number of hydrogen-bond acceptors (Lipinski definition) is 5. The van der Waals surface area contributed by atoms with Crippen LogP contribution in [-0.2, 0) is 9.53 Å². The Labute approximate surface area is 158 Å². The van der Waals surface area contributed by atoms with Crippen molar-refractivity contribution in [1.82, 2.24) is 10.6 Å². The van der Waals surface area contributed by atoms with Gasteiger partial charge in [0.1, 0.15) is 0 Å². The van der Waals surface area contributed by atoms with E-state index in [0.29, 0.717) is 5.69 Å². The minimum Gasteiger partial charge on any atom is -0.452 e. The van der Waals surface area contributed by atoms with E-state index in [4.69, 9.17) is 4.74 Å². The molecule has 0 aliphatic carbocycles. The Hall–Kier alpha value is -3.35. The molecular weight excluding hydrogens is 346 g/mol. The number of carbonyl (C=O) groups excluding carboxylic acids is 3. The second kappa shape index (κ2) is 8.84. The van der Waals surface area contributed by atoms with Crippen molar-refractivity contribution in [1.29, 1.82) is 0 Å². The first-order valence-electron chi connectivity index (χ1n) is 8.45. The first kappa shape index (κ1) is 20.0. The van der Waals surface area contributed by atoms with E-state index in [9.17, 15) is 14.4 Å². The minimum atomic E-state index is -0.710. The van der Waals surface area contributed by atoms with E-state index in [1.807, 2.05) is 30.3 Å². The number of esters is 1. The number of carbonyl (C=O) groups is 3. The maximum atomic E-state index is 12.3. The fourth-order valence-corrected chi connectivity index (χ4v) is 2.19. The van der Waals surface area contributed by atoms with Crippen LogP contribution in [-0.4, -0.2) is 30.1 Å². The molecule has 0 bridgehead atoms. The monoisotopic (exact) mass is 369 g/mol. The van der Waals surface area contributed by atoms with Crippen molar-refractivity contribution in [3.63, 3.8) is 0 Å². The van der Waals surface area contributed by atoms with Crippen molar-refractivity contribution >= 4 is 29.3 Å². The molecule has 7 nitrogen and oxygen atoms in total. The molecule has 0 unspecified atom stereocenters. The highest BCUT2D eigenvalue weighted by Gasteiger charge is 2.18. The van der Waals surface area contributed by atoms with Gasteiger partial charge in [-0.15, -0.1) is 0 Å². The number of para-hydroxylation sites is 2. The van der Waals surface area contributed by atoms with Crippen LogP contribution in [0.5, 0.6) is 0 Å². The average molecular weight is 369 g/mol. The minimum absolute atomic E-state index is 0.285. The van der Waals surface area contributed by atoms with E-state index in [1.54, 1.807) is 45.0 Å². The van der Waals surface area contributed by atoms with Crippen LogP contribution in [0.3, 0.4) is 0 Å². The Kier molecular flexibility index (Phi) is 6.54. The summed E-state index contributed by atoms with van der Waals surface area (Å²) in [5, 5.41) is 7.83. The Morgan fingerprint density at radius 2 is 1.56 bits per heavy atom. The van der Waals surface area contributed by atoms with Gasteiger partial charge in [-0.25, -0.2) is 9.59 Å². The Morgan fingerprint density at radius 3 is 2.22 bits per heavy atom. The van der Waals surface area contributed by atoms with E-state index in [0.717, 1.165) is 5.69 Å². The van der Waals surface area contributed by atoms with Crippen LogP contribution < -0.4 is 16.0 Å². The summed E-state index contributed by atoms with van der Waals surface area (Å²) < 4.78 is 5.03. The summed E-state index contributed by atoms with van der Waals surface area (Å²) in [6, 6.07) is 15.5. The van der Waals surface area contributed by atoms with Crippen molar-refractivity contribution < 1.29 is 19.1 Å². The topological polar surface area (TPSA) is 96.5 Å². The van der Waals surface area contributed by atoms with E-state index in [1.165, 1.54) is 0 Å². The van der Waals surface area contributed by atoms with Crippen molar-refractivity contribution in [2.45, 2.75) is 26.3 Å². The number of imide groups is 1. The largest absolute Gasteiger partial charge is 0.452 e. The summed E-state index contributed by atoms with van der Waals surface area (Å²) in [5.74, 6) is -1.38. The molecule has 7 heteroatoms. The molecule has 0 radical (unpaired) electrons. The van der Waals surface area contributed by atoms with Crippen LogP contribution in [0.25, 0.3) is 0 Å². The molecule has 2 aromatic rings. The molecule has 0 aromatic heterocycles. The van der Waals surface area contributed by atoms with E-state index in [2.05, 4.69) is 16.0 Å². The van der Waals surface area contributed by atoms with Crippen LogP contribution in [0, 0.1) is 0 Å². The van der Waals surface area contributed by atoms with Gasteiger partial charge in [0, 0.05) is 11.2 Å². The molecule has 0 saturated heterocycles. The molecule has 142 valence electrons. The molecule has 0 atom stereocenters. The number of rotatable bonds is 5. The van der Waals surface area contributed by atoms with Gasteiger partial charge >= 0.3 is 12.0 Å².